The molecule has 4 heterocycles. The van der Waals surface area contributed by atoms with Crippen LogP contribution >= 0.6 is 0 Å². The second kappa shape index (κ2) is 10.9. The number of amides is 1. The first kappa shape index (κ1) is 25.6. The first-order valence-corrected chi connectivity index (χ1v) is 14.6. The van der Waals surface area contributed by atoms with E-state index in [1.165, 1.54) is 37.0 Å². The summed E-state index contributed by atoms with van der Waals surface area (Å²) in [6.07, 6.45) is 12.7. The Bertz CT molecular complexity index is 1690. The lowest BCUT2D eigenvalue weighted by atomic mass is 9.95. The Morgan fingerprint density at radius 3 is 2.59 bits per heavy atom. The van der Waals surface area contributed by atoms with E-state index in [2.05, 4.69) is 38.5 Å². The summed E-state index contributed by atoms with van der Waals surface area (Å²) in [4.78, 5) is 27.4. The third-order valence-corrected chi connectivity index (χ3v) is 8.70. The van der Waals surface area contributed by atoms with Gasteiger partial charge in [-0.2, -0.15) is 4.98 Å². The van der Waals surface area contributed by atoms with Crippen LogP contribution in [-0.2, 0) is 6.61 Å². The van der Waals surface area contributed by atoms with Crippen LogP contribution in [0.3, 0.4) is 0 Å². The number of likely N-dealkylation sites (tertiary alicyclic amines) is 1. The van der Waals surface area contributed by atoms with Gasteiger partial charge in [0.25, 0.3) is 0 Å². The van der Waals surface area contributed by atoms with Crippen molar-refractivity contribution in [2.24, 2.45) is 0 Å². The lowest BCUT2D eigenvalue weighted by Gasteiger charge is -2.32. The third-order valence-electron chi connectivity index (χ3n) is 8.70. The molecule has 0 spiro atoms. The fourth-order valence-corrected chi connectivity index (χ4v) is 6.59. The molecule has 210 valence electrons. The van der Waals surface area contributed by atoms with Gasteiger partial charge in [-0.1, -0.05) is 55.7 Å². The number of hydrogen-bond acceptors (Lipinski definition) is 5. The Morgan fingerprint density at radius 2 is 1.76 bits per heavy atom. The molecule has 9 nitrogen and oxygen atoms in total. The summed E-state index contributed by atoms with van der Waals surface area (Å²) < 4.78 is 10.8. The Labute approximate surface area is 238 Å². The molecule has 1 saturated carbocycles. The second-order valence-electron chi connectivity index (χ2n) is 11.3. The smallest absolute Gasteiger partial charge is 0.407 e. The van der Waals surface area contributed by atoms with Crippen LogP contribution in [0, 0.1) is 0 Å². The molecule has 1 aliphatic carbocycles. The summed E-state index contributed by atoms with van der Waals surface area (Å²) in [5.41, 5.74) is 6.76. The van der Waals surface area contributed by atoms with Crippen LogP contribution in [0.15, 0.2) is 67.4 Å². The highest BCUT2D eigenvalue weighted by molar-refractivity contribution is 5.97. The molecule has 2 aromatic carbocycles. The Morgan fingerprint density at radius 1 is 0.927 bits per heavy atom. The number of piperidine rings is 1. The van der Waals surface area contributed by atoms with Gasteiger partial charge in [0, 0.05) is 30.9 Å². The number of aromatic nitrogens is 5. The van der Waals surface area contributed by atoms with E-state index in [1.807, 2.05) is 36.7 Å². The third kappa shape index (κ3) is 4.90. The summed E-state index contributed by atoms with van der Waals surface area (Å²) >= 11 is 0. The van der Waals surface area contributed by atoms with E-state index in [1.54, 1.807) is 6.33 Å². The molecule has 9 heteroatoms. The fourth-order valence-electron chi connectivity index (χ4n) is 6.59. The van der Waals surface area contributed by atoms with E-state index in [0.717, 1.165) is 51.6 Å². The Kier molecular flexibility index (Phi) is 6.78. The van der Waals surface area contributed by atoms with Gasteiger partial charge in [0.1, 0.15) is 24.0 Å². The highest BCUT2D eigenvalue weighted by Crippen LogP contribution is 2.39. The highest BCUT2D eigenvalue weighted by atomic mass is 16.5. The maximum absolute atomic E-state index is 11.8. The normalized spacial score (nSPS) is 18.2. The molecule has 0 radical (unpaired) electrons. The first-order chi connectivity index (χ1) is 20.2. The van der Waals surface area contributed by atoms with Crippen molar-refractivity contribution in [3.8, 4) is 17.0 Å². The maximum Gasteiger partial charge on any atom is 0.407 e. The zero-order chi connectivity index (χ0) is 27.8. The molecular weight excluding hydrogens is 516 g/mol. The van der Waals surface area contributed by atoms with Crippen molar-refractivity contribution in [2.75, 3.05) is 13.1 Å². The zero-order valence-electron chi connectivity index (χ0n) is 23.0. The molecule has 2 aliphatic rings. The topological polar surface area (TPSA) is 98.3 Å². The van der Waals surface area contributed by atoms with Gasteiger partial charge in [0.15, 0.2) is 0 Å². The zero-order valence-corrected chi connectivity index (χ0v) is 23.0. The van der Waals surface area contributed by atoms with Crippen molar-refractivity contribution in [2.45, 2.75) is 63.6 Å². The molecule has 41 heavy (non-hydrogen) atoms. The molecule has 1 saturated heterocycles. The number of carboxylic acid groups (broad SMARTS) is 1. The number of imidazole rings is 1. The number of hydrogen-bond donors (Lipinski definition) is 1. The van der Waals surface area contributed by atoms with Crippen molar-refractivity contribution in [1.29, 1.82) is 0 Å². The van der Waals surface area contributed by atoms with E-state index < -0.39 is 6.09 Å². The van der Waals surface area contributed by atoms with Crippen LogP contribution in [-0.4, -0.2) is 53.3 Å². The number of benzene rings is 2. The van der Waals surface area contributed by atoms with Gasteiger partial charge >= 0.3 is 6.09 Å². The molecule has 3 aromatic heterocycles. The van der Waals surface area contributed by atoms with E-state index in [4.69, 9.17) is 14.7 Å². The van der Waals surface area contributed by atoms with Gasteiger partial charge in [0.05, 0.1) is 23.4 Å². The van der Waals surface area contributed by atoms with Crippen LogP contribution < -0.4 is 4.74 Å². The average molecular weight is 551 g/mol. The minimum absolute atomic E-state index is 0.0459. The van der Waals surface area contributed by atoms with Crippen LogP contribution in [0.5, 0.6) is 5.88 Å². The van der Waals surface area contributed by atoms with Gasteiger partial charge in [-0.05, 0) is 48.9 Å². The molecule has 1 N–H and O–H groups in total. The van der Waals surface area contributed by atoms with Crippen LogP contribution in [0.1, 0.15) is 62.6 Å². The second-order valence-corrected chi connectivity index (χ2v) is 11.3. The molecule has 1 aliphatic heterocycles. The van der Waals surface area contributed by atoms with Crippen molar-refractivity contribution >= 4 is 28.2 Å². The number of nitrogens with zero attached hydrogens (tertiary/aromatic N) is 6. The molecule has 0 unspecified atom stereocenters. The largest absolute Gasteiger partial charge is 0.471 e. The van der Waals surface area contributed by atoms with E-state index in [0.29, 0.717) is 31.6 Å². The monoisotopic (exact) mass is 550 g/mol. The summed E-state index contributed by atoms with van der Waals surface area (Å²) in [6, 6.07) is 17.0. The molecule has 5 aromatic rings. The molecule has 7 rings (SSSR count). The fraction of sp³-hybridized carbons (Fsp3) is 0.375. The number of fused-ring (bicyclic) bond motifs is 2. The van der Waals surface area contributed by atoms with Crippen molar-refractivity contribution in [3.63, 3.8) is 0 Å². The molecular formula is C32H34N6O3. The van der Waals surface area contributed by atoms with E-state index in [9.17, 15) is 9.90 Å². The Balaban J connectivity index is 1.31. The van der Waals surface area contributed by atoms with E-state index in [-0.39, 0.29) is 6.04 Å². The van der Waals surface area contributed by atoms with E-state index >= 15 is 0 Å². The maximum atomic E-state index is 11.8. The van der Waals surface area contributed by atoms with Crippen molar-refractivity contribution < 1.29 is 14.6 Å². The van der Waals surface area contributed by atoms with Gasteiger partial charge in [-0.15, -0.1) is 0 Å². The molecule has 0 bridgehead atoms. The summed E-state index contributed by atoms with van der Waals surface area (Å²) in [5, 5.41) is 9.72. The summed E-state index contributed by atoms with van der Waals surface area (Å²) in [5.74, 6) is 0.500. The molecule has 1 amide bonds. The van der Waals surface area contributed by atoms with Crippen LogP contribution in [0.2, 0.25) is 0 Å². The predicted molar refractivity (Wildman–Crippen MR) is 157 cm³/mol. The number of carbonyl (C=O) groups is 1. The summed E-state index contributed by atoms with van der Waals surface area (Å²) in [7, 11) is 0. The van der Waals surface area contributed by atoms with Gasteiger partial charge in [-0.3, -0.25) is 0 Å². The van der Waals surface area contributed by atoms with Crippen LogP contribution in [0.25, 0.3) is 33.2 Å². The Hall–Kier alpha value is -4.40. The molecule has 2 fully saturated rings. The lowest BCUT2D eigenvalue weighted by Crippen LogP contribution is -2.39. The van der Waals surface area contributed by atoms with Gasteiger partial charge in [-0.25, -0.2) is 14.8 Å². The molecule has 1 atom stereocenters. The standard InChI is InChI=1S/C32H34N6O3/c39-32(40)36-15-7-12-25(17-36)37-18-26(29-30(37)31(34-20-33-29)41-19-22-8-3-1-4-9-22)23-13-14-28-27(16-23)35-21-38(28)24-10-5-2-6-11-24/h1,3-4,8-9,13-14,16,18,20-21,24-25H,2,5-7,10-12,15,17,19H2,(H,39,40)/t25-/m0/s1. The van der Waals surface area contributed by atoms with Crippen molar-refractivity contribution in [1.82, 2.24) is 29.0 Å². The first-order valence-electron chi connectivity index (χ1n) is 14.6. The SMILES string of the molecule is O=C(O)N1CCC[C@H](n2cc(-c3ccc4c(c3)ncn4C3CCCCC3)c3ncnc(OCc4ccccc4)c32)C1. The van der Waals surface area contributed by atoms with Gasteiger partial charge < -0.3 is 23.9 Å². The predicted octanol–water partition coefficient (Wildman–Crippen LogP) is 6.85. The highest BCUT2D eigenvalue weighted by Gasteiger charge is 2.28. The quantitative estimate of drug-likeness (QED) is 0.248. The van der Waals surface area contributed by atoms with Crippen molar-refractivity contribution in [3.05, 3.63) is 72.9 Å². The van der Waals surface area contributed by atoms with Crippen LogP contribution in [0.4, 0.5) is 4.79 Å². The van der Waals surface area contributed by atoms with Gasteiger partial charge in [0.2, 0.25) is 5.88 Å². The minimum Gasteiger partial charge on any atom is -0.471 e. The minimum atomic E-state index is -0.887. The average Bonchev–Trinajstić information content (AvgIpc) is 3.63. The number of rotatable bonds is 6. The summed E-state index contributed by atoms with van der Waals surface area (Å²) in [6.45, 7) is 1.34. The lowest BCUT2D eigenvalue weighted by molar-refractivity contribution is 0.122. The number of ether oxygens (including phenoxy) is 1.